The van der Waals surface area contributed by atoms with Crippen molar-refractivity contribution in [3.63, 3.8) is 0 Å². The first-order valence-electron chi connectivity index (χ1n) is 23.6. The van der Waals surface area contributed by atoms with Crippen molar-refractivity contribution in [2.45, 2.75) is 276 Å². The van der Waals surface area contributed by atoms with E-state index < -0.39 is 36.9 Å². The maximum Gasteiger partial charge on any atom is 0.249 e. The lowest BCUT2D eigenvalue weighted by Crippen LogP contribution is -2.48. The third-order valence-electron chi connectivity index (χ3n) is 11.2. The first-order valence-corrected chi connectivity index (χ1v) is 23.6. The average molecular weight is 752 g/mol. The minimum absolute atomic E-state index is 0.382. The summed E-state index contributed by atoms with van der Waals surface area (Å²) in [5.74, 6) is -0.563. The first kappa shape index (κ1) is 52.0. The molecule has 6 nitrogen and oxygen atoms in total. The summed E-state index contributed by atoms with van der Waals surface area (Å²) >= 11 is 0. The van der Waals surface area contributed by atoms with Crippen LogP contribution in [0.15, 0.2) is 12.2 Å². The van der Waals surface area contributed by atoms with Crippen LogP contribution in [0, 0.1) is 0 Å². The monoisotopic (exact) mass is 752 g/mol. The molecule has 1 unspecified atom stereocenters. The van der Waals surface area contributed by atoms with Gasteiger partial charge in [0.25, 0.3) is 0 Å². The van der Waals surface area contributed by atoms with Gasteiger partial charge in [0.15, 0.2) is 0 Å². The molecule has 0 fully saturated rings. The van der Waals surface area contributed by atoms with Crippen LogP contribution in [0.25, 0.3) is 0 Å². The van der Waals surface area contributed by atoms with E-state index in [9.17, 15) is 25.2 Å². The highest BCUT2D eigenvalue weighted by molar-refractivity contribution is 5.80. The van der Waals surface area contributed by atoms with E-state index in [1.807, 2.05) is 0 Å². The van der Waals surface area contributed by atoms with Crippen molar-refractivity contribution in [1.82, 2.24) is 5.32 Å². The molecule has 0 bridgehead atoms. The summed E-state index contributed by atoms with van der Waals surface area (Å²) in [7, 11) is 0. The lowest BCUT2D eigenvalue weighted by Gasteiger charge is -2.22. The van der Waals surface area contributed by atoms with Crippen molar-refractivity contribution in [3.8, 4) is 0 Å². The van der Waals surface area contributed by atoms with E-state index in [4.69, 9.17) is 0 Å². The molecule has 0 spiro atoms. The van der Waals surface area contributed by atoms with Gasteiger partial charge in [0.2, 0.25) is 5.91 Å². The number of carbonyl (C=O) groups is 1. The first-order chi connectivity index (χ1) is 26.0. The van der Waals surface area contributed by atoms with Crippen molar-refractivity contribution >= 4 is 5.91 Å². The highest BCUT2D eigenvalue weighted by atomic mass is 16.3. The largest absolute Gasteiger partial charge is 0.394 e. The number of rotatable bonds is 43. The zero-order valence-corrected chi connectivity index (χ0v) is 35.5. The molecular weight excluding hydrogens is 659 g/mol. The van der Waals surface area contributed by atoms with Crippen LogP contribution in [-0.4, -0.2) is 57.3 Å². The SMILES string of the molecule is CCCCCCCCCCCCCCCCCCCCCCCCCCCC(O)C(=O)N[C@@H](CO)[C@H](O)/C=C/[C@H](O)CCCCCCCCCCCC. The van der Waals surface area contributed by atoms with Crippen LogP contribution >= 0.6 is 0 Å². The molecule has 0 rings (SSSR count). The van der Waals surface area contributed by atoms with Crippen LogP contribution in [0.5, 0.6) is 0 Å². The summed E-state index contributed by atoms with van der Waals surface area (Å²) in [6.07, 6.45) is 47.1. The van der Waals surface area contributed by atoms with Gasteiger partial charge in [0.05, 0.1) is 24.9 Å². The fourth-order valence-corrected chi connectivity index (χ4v) is 7.44. The number of unbranched alkanes of at least 4 members (excludes halogenated alkanes) is 33. The number of hydrogen-bond donors (Lipinski definition) is 5. The fraction of sp³-hybridized carbons (Fsp3) is 0.936. The summed E-state index contributed by atoms with van der Waals surface area (Å²) in [6.45, 7) is 4.08. The van der Waals surface area contributed by atoms with Crippen molar-refractivity contribution < 1.29 is 25.2 Å². The number of nitrogens with one attached hydrogen (secondary N) is 1. The van der Waals surface area contributed by atoms with Crippen LogP contribution in [-0.2, 0) is 4.79 Å². The molecule has 4 atom stereocenters. The smallest absolute Gasteiger partial charge is 0.249 e. The molecule has 316 valence electrons. The molecule has 0 radical (unpaired) electrons. The molecule has 53 heavy (non-hydrogen) atoms. The van der Waals surface area contributed by atoms with E-state index in [2.05, 4.69) is 19.2 Å². The Morgan fingerprint density at radius 3 is 1.02 bits per heavy atom. The van der Waals surface area contributed by atoms with Crippen LogP contribution in [0.4, 0.5) is 0 Å². The molecule has 0 aliphatic rings. The van der Waals surface area contributed by atoms with Crippen molar-refractivity contribution in [2.24, 2.45) is 0 Å². The van der Waals surface area contributed by atoms with Gasteiger partial charge in [-0.1, -0.05) is 251 Å². The van der Waals surface area contributed by atoms with E-state index in [-0.39, 0.29) is 0 Å². The van der Waals surface area contributed by atoms with E-state index in [1.54, 1.807) is 6.08 Å². The quantitative estimate of drug-likeness (QED) is 0.0315. The second-order valence-corrected chi connectivity index (χ2v) is 16.5. The Labute approximate surface area is 330 Å². The minimum Gasteiger partial charge on any atom is -0.394 e. The molecule has 0 aromatic heterocycles. The Hall–Kier alpha value is -0.950. The van der Waals surface area contributed by atoms with E-state index in [1.165, 1.54) is 199 Å². The average Bonchev–Trinajstić information content (AvgIpc) is 3.16. The predicted molar refractivity (Wildman–Crippen MR) is 228 cm³/mol. The van der Waals surface area contributed by atoms with Crippen molar-refractivity contribution in [2.75, 3.05) is 6.61 Å². The Kier molecular flexibility index (Phi) is 41.4. The van der Waals surface area contributed by atoms with Gasteiger partial charge >= 0.3 is 0 Å². The number of hydrogen-bond acceptors (Lipinski definition) is 5. The van der Waals surface area contributed by atoms with Crippen molar-refractivity contribution in [1.29, 1.82) is 0 Å². The van der Waals surface area contributed by atoms with Gasteiger partial charge < -0.3 is 25.7 Å². The Balaban J connectivity index is 3.63. The maximum absolute atomic E-state index is 12.5. The van der Waals surface area contributed by atoms with Gasteiger partial charge in [-0.15, -0.1) is 0 Å². The fourth-order valence-electron chi connectivity index (χ4n) is 7.44. The zero-order valence-electron chi connectivity index (χ0n) is 35.5. The molecule has 0 aliphatic carbocycles. The van der Waals surface area contributed by atoms with E-state index in [0.717, 1.165) is 32.1 Å². The summed E-state index contributed by atoms with van der Waals surface area (Å²) in [6, 6.07) is -0.915. The zero-order chi connectivity index (χ0) is 38.9. The third kappa shape index (κ3) is 37.7. The number of aliphatic hydroxyl groups excluding tert-OH is 4. The Bertz CT molecular complexity index is 761. The van der Waals surface area contributed by atoms with E-state index in [0.29, 0.717) is 12.8 Å². The van der Waals surface area contributed by atoms with Crippen LogP contribution in [0.2, 0.25) is 0 Å². The highest BCUT2D eigenvalue weighted by Crippen LogP contribution is 2.17. The number of amides is 1. The number of carbonyl (C=O) groups excluding carboxylic acids is 1. The standard InChI is InChI=1S/C47H93NO5/c1-3-5-7-9-11-13-15-16-17-18-19-20-21-22-23-24-25-26-27-28-29-31-33-35-37-39-46(52)47(53)48-44(42-49)45(51)41-40-43(50)38-36-34-32-30-14-12-10-8-6-4-2/h40-41,43-46,49-52H,3-39,42H2,1-2H3,(H,48,53)/b41-40+/t43-,44+,45-,46?/m1/s1. The summed E-state index contributed by atoms with van der Waals surface area (Å²) in [5, 5.41) is 43.4. The molecule has 1 amide bonds. The third-order valence-corrected chi connectivity index (χ3v) is 11.2. The van der Waals surface area contributed by atoms with Gasteiger partial charge in [-0.25, -0.2) is 0 Å². The molecule has 0 aliphatic heterocycles. The predicted octanol–water partition coefficient (Wildman–Crippen LogP) is 12.6. The van der Waals surface area contributed by atoms with Gasteiger partial charge in [0.1, 0.15) is 6.10 Å². The van der Waals surface area contributed by atoms with Gasteiger partial charge in [0, 0.05) is 0 Å². The summed E-state index contributed by atoms with van der Waals surface area (Å²) in [4.78, 5) is 12.5. The molecule has 6 heteroatoms. The molecule has 0 saturated carbocycles. The second kappa shape index (κ2) is 42.2. The van der Waals surface area contributed by atoms with Gasteiger partial charge in [-0.2, -0.15) is 0 Å². The van der Waals surface area contributed by atoms with Crippen molar-refractivity contribution in [3.05, 3.63) is 12.2 Å². The second-order valence-electron chi connectivity index (χ2n) is 16.5. The van der Waals surface area contributed by atoms with Gasteiger partial charge in [-0.3, -0.25) is 4.79 Å². The normalized spacial score (nSPS) is 14.2. The number of aliphatic hydroxyl groups is 4. The molecule has 0 aromatic carbocycles. The highest BCUT2D eigenvalue weighted by Gasteiger charge is 2.22. The Morgan fingerprint density at radius 1 is 0.434 bits per heavy atom. The van der Waals surface area contributed by atoms with Crippen LogP contribution < -0.4 is 5.32 Å². The molecule has 0 saturated heterocycles. The minimum atomic E-state index is -1.15. The van der Waals surface area contributed by atoms with Crippen LogP contribution in [0.1, 0.15) is 251 Å². The Morgan fingerprint density at radius 2 is 0.717 bits per heavy atom. The molecule has 5 N–H and O–H groups in total. The molecule has 0 aromatic rings. The summed E-state index contributed by atoms with van der Waals surface area (Å²) < 4.78 is 0. The lowest BCUT2D eigenvalue weighted by molar-refractivity contribution is -0.131. The van der Waals surface area contributed by atoms with Crippen LogP contribution in [0.3, 0.4) is 0 Å². The molecular formula is C47H93NO5. The molecule has 0 heterocycles. The maximum atomic E-state index is 12.5. The van der Waals surface area contributed by atoms with Gasteiger partial charge in [-0.05, 0) is 12.8 Å². The van der Waals surface area contributed by atoms with E-state index >= 15 is 0 Å². The lowest BCUT2D eigenvalue weighted by atomic mass is 10.0. The topological polar surface area (TPSA) is 110 Å². The summed E-state index contributed by atoms with van der Waals surface area (Å²) in [5.41, 5.74) is 0.